The average Bonchev–Trinajstić information content (AvgIpc) is 3.12. The maximum atomic E-state index is 6.20. The number of nitrogen functional groups attached to an aromatic ring is 1. The first kappa shape index (κ1) is 18.0. The molecule has 0 aliphatic heterocycles. The second kappa shape index (κ2) is 7.63. The molecule has 3 rings (SSSR count). The van der Waals surface area contributed by atoms with Gasteiger partial charge in [0, 0.05) is 17.0 Å². The Morgan fingerprint density at radius 2 is 2.08 bits per heavy atom. The number of nitrogens with two attached hydrogens (primary N) is 1. The van der Waals surface area contributed by atoms with E-state index in [1.807, 2.05) is 0 Å². The Kier molecular flexibility index (Phi) is 5.51. The van der Waals surface area contributed by atoms with Gasteiger partial charge in [-0.2, -0.15) is 4.98 Å². The number of aromatic nitrogens is 5. The molecular formula is C15H16Cl2N6OS. The molecule has 0 amide bonds. The third-order valence-electron chi connectivity index (χ3n) is 3.26. The van der Waals surface area contributed by atoms with E-state index in [-0.39, 0.29) is 0 Å². The first-order valence-corrected chi connectivity index (χ1v) is 9.28. The molecule has 25 heavy (non-hydrogen) atoms. The Hall–Kier alpha value is -1.77. The zero-order valence-electron chi connectivity index (χ0n) is 13.6. The zero-order valence-corrected chi connectivity index (χ0v) is 15.9. The number of halogens is 2. The number of rotatable bonds is 6. The van der Waals surface area contributed by atoms with E-state index in [0.29, 0.717) is 50.0 Å². The van der Waals surface area contributed by atoms with E-state index in [2.05, 4.69) is 34.2 Å². The molecule has 0 radical (unpaired) electrons. The summed E-state index contributed by atoms with van der Waals surface area (Å²) in [5.41, 5.74) is 0.659. The molecule has 0 bridgehead atoms. The number of hydrogen-bond acceptors (Lipinski definition) is 7. The monoisotopic (exact) mass is 398 g/mol. The molecule has 0 saturated heterocycles. The minimum atomic E-state index is 0.456. The Balaban J connectivity index is 1.72. The van der Waals surface area contributed by atoms with Gasteiger partial charge >= 0.3 is 0 Å². The van der Waals surface area contributed by atoms with Crippen LogP contribution >= 0.6 is 35.0 Å². The van der Waals surface area contributed by atoms with Crippen molar-refractivity contribution in [2.45, 2.75) is 31.2 Å². The lowest BCUT2D eigenvalue weighted by molar-refractivity contribution is 0.360. The van der Waals surface area contributed by atoms with Crippen LogP contribution in [0, 0.1) is 5.92 Å². The summed E-state index contributed by atoms with van der Waals surface area (Å²) in [5.74, 6) is 8.71. The normalized spacial score (nSPS) is 11.4. The predicted molar refractivity (Wildman–Crippen MR) is 98.0 cm³/mol. The predicted octanol–water partition coefficient (Wildman–Crippen LogP) is 3.84. The third-order valence-corrected chi connectivity index (χ3v) is 4.75. The molecule has 0 aliphatic rings. The van der Waals surface area contributed by atoms with Gasteiger partial charge in [-0.3, -0.25) is 0 Å². The fraction of sp³-hybridized carbons (Fsp3) is 0.333. The van der Waals surface area contributed by atoms with E-state index < -0.39 is 0 Å². The van der Waals surface area contributed by atoms with Crippen LogP contribution in [0.3, 0.4) is 0 Å². The lowest BCUT2D eigenvalue weighted by atomic mass is 10.1. The van der Waals surface area contributed by atoms with E-state index in [9.17, 15) is 0 Å². The van der Waals surface area contributed by atoms with Crippen LogP contribution in [0.25, 0.3) is 11.4 Å². The summed E-state index contributed by atoms with van der Waals surface area (Å²) in [6, 6.07) is 5.11. The maximum Gasteiger partial charge on any atom is 0.226 e. The summed E-state index contributed by atoms with van der Waals surface area (Å²) in [6.07, 6.45) is 0.754. The molecule has 2 heterocycles. The highest BCUT2D eigenvalue weighted by Crippen LogP contribution is 2.30. The van der Waals surface area contributed by atoms with Crippen LogP contribution in [0.4, 0.5) is 0 Å². The van der Waals surface area contributed by atoms with Crippen LogP contribution in [-0.4, -0.2) is 25.0 Å². The van der Waals surface area contributed by atoms with Crippen LogP contribution in [0.1, 0.15) is 25.6 Å². The van der Waals surface area contributed by atoms with Gasteiger partial charge < -0.3 is 10.4 Å². The van der Waals surface area contributed by atoms with Crippen molar-refractivity contribution >= 4 is 35.0 Å². The second-order valence-corrected chi connectivity index (χ2v) is 7.58. The maximum absolute atomic E-state index is 6.20. The van der Waals surface area contributed by atoms with E-state index in [1.165, 1.54) is 16.4 Å². The van der Waals surface area contributed by atoms with Gasteiger partial charge in [-0.25, -0.2) is 4.68 Å². The third kappa shape index (κ3) is 4.26. The van der Waals surface area contributed by atoms with Crippen molar-refractivity contribution in [1.82, 2.24) is 25.0 Å². The van der Waals surface area contributed by atoms with E-state index in [4.69, 9.17) is 33.6 Å². The molecule has 10 heteroatoms. The minimum absolute atomic E-state index is 0.456. The Morgan fingerprint density at radius 1 is 1.28 bits per heavy atom. The topological polar surface area (TPSA) is 95.7 Å². The highest BCUT2D eigenvalue weighted by atomic mass is 35.5. The quantitative estimate of drug-likeness (QED) is 0.497. The Bertz CT molecular complexity index is 879. The van der Waals surface area contributed by atoms with Crippen LogP contribution in [-0.2, 0) is 12.2 Å². The minimum Gasteiger partial charge on any atom is -0.339 e. The lowest BCUT2D eigenvalue weighted by Gasteiger charge is -2.05. The highest BCUT2D eigenvalue weighted by Gasteiger charge is 2.16. The van der Waals surface area contributed by atoms with Gasteiger partial charge in [0.05, 0.1) is 10.8 Å². The fourth-order valence-corrected chi connectivity index (χ4v) is 3.33. The molecule has 0 saturated carbocycles. The van der Waals surface area contributed by atoms with Gasteiger partial charge in [0.1, 0.15) is 0 Å². The van der Waals surface area contributed by atoms with Gasteiger partial charge in [0.2, 0.25) is 11.0 Å². The van der Waals surface area contributed by atoms with Gasteiger partial charge in [-0.15, -0.1) is 10.2 Å². The molecular weight excluding hydrogens is 383 g/mol. The molecule has 3 aromatic rings. The average molecular weight is 399 g/mol. The molecule has 0 aliphatic carbocycles. The SMILES string of the molecule is CC(C)Cc1nc(CSc2nnc(-c3ccc(Cl)cc3Cl)n2N)no1. The van der Waals surface area contributed by atoms with Gasteiger partial charge in [0.25, 0.3) is 0 Å². The molecule has 0 atom stereocenters. The standard InChI is InChI=1S/C15H16Cl2N6OS/c1-8(2)5-13-19-12(22-24-13)7-25-15-21-20-14(23(15)18)10-4-3-9(16)6-11(10)17/h3-4,6,8H,5,7,18H2,1-2H3. The summed E-state index contributed by atoms with van der Waals surface area (Å²) < 4.78 is 6.60. The molecule has 7 nitrogen and oxygen atoms in total. The van der Waals surface area contributed by atoms with E-state index >= 15 is 0 Å². The van der Waals surface area contributed by atoms with Crippen molar-refractivity contribution in [3.63, 3.8) is 0 Å². The second-order valence-electron chi connectivity index (χ2n) is 5.79. The Morgan fingerprint density at radius 3 is 2.80 bits per heavy atom. The molecule has 132 valence electrons. The summed E-state index contributed by atoms with van der Waals surface area (Å²) in [4.78, 5) is 4.35. The van der Waals surface area contributed by atoms with Crippen molar-refractivity contribution in [2.24, 2.45) is 5.92 Å². The Labute approximate surface area is 158 Å². The summed E-state index contributed by atoms with van der Waals surface area (Å²) >= 11 is 13.5. The largest absolute Gasteiger partial charge is 0.339 e. The molecule has 0 spiro atoms. The van der Waals surface area contributed by atoms with Crippen molar-refractivity contribution in [1.29, 1.82) is 0 Å². The number of benzene rings is 1. The number of hydrogen-bond donors (Lipinski definition) is 1. The fourth-order valence-electron chi connectivity index (χ4n) is 2.14. The number of nitrogens with zero attached hydrogens (tertiary/aromatic N) is 5. The summed E-state index contributed by atoms with van der Waals surface area (Å²) in [7, 11) is 0. The molecule has 0 unspecified atom stereocenters. The van der Waals surface area contributed by atoms with E-state index in [1.54, 1.807) is 18.2 Å². The molecule has 2 aromatic heterocycles. The lowest BCUT2D eigenvalue weighted by Crippen LogP contribution is -2.11. The van der Waals surface area contributed by atoms with Crippen LogP contribution in [0.2, 0.25) is 10.0 Å². The van der Waals surface area contributed by atoms with Gasteiger partial charge in [-0.05, 0) is 24.1 Å². The number of thioether (sulfide) groups is 1. The van der Waals surface area contributed by atoms with Crippen molar-refractivity contribution in [3.8, 4) is 11.4 Å². The van der Waals surface area contributed by atoms with Crippen molar-refractivity contribution < 1.29 is 4.52 Å². The van der Waals surface area contributed by atoms with Crippen LogP contribution in [0.15, 0.2) is 27.9 Å². The molecule has 0 fully saturated rings. The van der Waals surface area contributed by atoms with Gasteiger partial charge in [-0.1, -0.05) is 54.0 Å². The van der Waals surface area contributed by atoms with E-state index in [0.717, 1.165) is 6.42 Å². The summed E-state index contributed by atoms with van der Waals surface area (Å²) in [5, 5.41) is 13.7. The highest BCUT2D eigenvalue weighted by molar-refractivity contribution is 7.98. The van der Waals surface area contributed by atoms with Crippen molar-refractivity contribution in [3.05, 3.63) is 40.0 Å². The molecule has 2 N–H and O–H groups in total. The first-order chi connectivity index (χ1) is 11.9. The zero-order chi connectivity index (χ0) is 18.0. The van der Waals surface area contributed by atoms with Gasteiger partial charge in [0.15, 0.2) is 11.6 Å². The van der Waals surface area contributed by atoms with Crippen LogP contribution < -0.4 is 5.84 Å². The van der Waals surface area contributed by atoms with Crippen molar-refractivity contribution in [2.75, 3.05) is 5.84 Å². The summed E-state index contributed by atoms with van der Waals surface area (Å²) in [6.45, 7) is 4.19. The smallest absolute Gasteiger partial charge is 0.226 e. The first-order valence-electron chi connectivity index (χ1n) is 7.54. The molecule has 1 aromatic carbocycles. The van der Waals surface area contributed by atoms with Crippen LogP contribution in [0.5, 0.6) is 0 Å².